The second-order valence-corrected chi connectivity index (χ2v) is 7.84. The maximum Gasteiger partial charge on any atom is 0.293 e. The van der Waals surface area contributed by atoms with Gasteiger partial charge < -0.3 is 4.42 Å². The van der Waals surface area contributed by atoms with Crippen LogP contribution < -0.4 is 0 Å². The molecule has 0 atom stereocenters. The van der Waals surface area contributed by atoms with Crippen molar-refractivity contribution in [2.75, 3.05) is 0 Å². The van der Waals surface area contributed by atoms with E-state index in [1.807, 2.05) is 0 Å². The van der Waals surface area contributed by atoms with Gasteiger partial charge in [-0.15, -0.1) is 0 Å². The van der Waals surface area contributed by atoms with Crippen molar-refractivity contribution in [3.63, 3.8) is 0 Å². The molecule has 3 aromatic rings. The molecule has 0 bridgehead atoms. The van der Waals surface area contributed by atoms with E-state index in [1.54, 1.807) is 18.2 Å². The highest BCUT2D eigenvalue weighted by Gasteiger charge is 2.36. The van der Waals surface area contributed by atoms with Gasteiger partial charge in [-0.3, -0.25) is 24.6 Å². The average Bonchev–Trinajstić information content (AvgIpc) is 3.30. The Hall–Kier alpha value is -3.43. The lowest BCUT2D eigenvalue weighted by Crippen LogP contribution is -2.28. The van der Waals surface area contributed by atoms with Crippen LogP contribution >= 0.6 is 23.4 Å². The van der Waals surface area contributed by atoms with Crippen molar-refractivity contribution in [2.45, 2.75) is 6.54 Å². The third kappa shape index (κ3) is 4.10. The number of para-hydroxylation sites is 1. The molecule has 7 nitrogen and oxygen atoms in total. The first-order valence-corrected chi connectivity index (χ1v) is 10.1. The van der Waals surface area contributed by atoms with Crippen molar-refractivity contribution < 1.29 is 23.3 Å². The SMILES string of the molecule is O=C1S/C(=C\c2ccc(-c3ccccc3[N+](=O)[O-])o2)C(=O)N1Cc1c(F)cccc1Cl. The number of halogens is 2. The van der Waals surface area contributed by atoms with E-state index in [9.17, 15) is 24.1 Å². The molecular weight excluding hydrogens is 447 g/mol. The van der Waals surface area contributed by atoms with Crippen LogP contribution in [0.4, 0.5) is 14.9 Å². The molecule has 1 aliphatic heterocycles. The molecule has 2 aromatic carbocycles. The number of imide groups is 1. The number of furan rings is 1. The van der Waals surface area contributed by atoms with Crippen molar-refractivity contribution in [3.05, 3.63) is 91.8 Å². The number of thioether (sulfide) groups is 1. The summed E-state index contributed by atoms with van der Waals surface area (Å²) in [6, 6.07) is 13.3. The second-order valence-electron chi connectivity index (χ2n) is 6.44. The molecule has 1 aliphatic rings. The van der Waals surface area contributed by atoms with Crippen LogP contribution in [0.15, 0.2) is 63.9 Å². The van der Waals surface area contributed by atoms with Gasteiger partial charge in [0, 0.05) is 22.7 Å². The Balaban J connectivity index is 1.59. The molecule has 2 amide bonds. The van der Waals surface area contributed by atoms with Crippen LogP contribution in [0.5, 0.6) is 0 Å². The molecule has 4 rings (SSSR count). The van der Waals surface area contributed by atoms with E-state index in [2.05, 4.69) is 0 Å². The van der Waals surface area contributed by atoms with Crippen molar-refractivity contribution in [1.29, 1.82) is 0 Å². The summed E-state index contributed by atoms with van der Waals surface area (Å²) in [4.78, 5) is 36.7. The molecule has 10 heteroatoms. The highest BCUT2D eigenvalue weighted by molar-refractivity contribution is 8.18. The minimum atomic E-state index is -0.615. The van der Waals surface area contributed by atoms with Crippen LogP contribution in [0.1, 0.15) is 11.3 Å². The summed E-state index contributed by atoms with van der Waals surface area (Å²) in [7, 11) is 0. The molecule has 31 heavy (non-hydrogen) atoms. The fraction of sp³-hybridized carbons (Fsp3) is 0.0476. The van der Waals surface area contributed by atoms with Crippen LogP contribution in [0.2, 0.25) is 5.02 Å². The lowest BCUT2D eigenvalue weighted by atomic mass is 10.1. The number of amides is 2. The zero-order valence-electron chi connectivity index (χ0n) is 15.6. The maximum absolute atomic E-state index is 14.0. The Bertz CT molecular complexity index is 1240. The first kappa shape index (κ1) is 20.8. The van der Waals surface area contributed by atoms with E-state index >= 15 is 0 Å². The van der Waals surface area contributed by atoms with E-state index in [0.29, 0.717) is 11.8 Å². The van der Waals surface area contributed by atoms with E-state index in [1.165, 1.54) is 42.5 Å². The van der Waals surface area contributed by atoms with Crippen LogP contribution in [-0.2, 0) is 11.3 Å². The number of hydrogen-bond acceptors (Lipinski definition) is 6. The van der Waals surface area contributed by atoms with Crippen molar-refractivity contribution in [3.8, 4) is 11.3 Å². The van der Waals surface area contributed by atoms with E-state index in [-0.39, 0.29) is 44.8 Å². The van der Waals surface area contributed by atoms with Gasteiger partial charge >= 0.3 is 0 Å². The van der Waals surface area contributed by atoms with E-state index < -0.39 is 21.9 Å². The third-order valence-corrected chi connectivity index (χ3v) is 5.78. The number of rotatable bonds is 5. The Kier molecular flexibility index (Phi) is 5.62. The number of carbonyl (C=O) groups excluding carboxylic acids is 2. The molecule has 1 saturated heterocycles. The number of nitrogens with zero attached hydrogens (tertiary/aromatic N) is 2. The first-order valence-electron chi connectivity index (χ1n) is 8.87. The summed E-state index contributed by atoms with van der Waals surface area (Å²) in [6.45, 7) is -0.298. The van der Waals surface area contributed by atoms with Crippen LogP contribution in [0, 0.1) is 15.9 Å². The Labute approximate surface area is 184 Å². The molecular formula is C21H12ClFN2O5S. The van der Waals surface area contributed by atoms with Gasteiger partial charge in [-0.05, 0) is 42.1 Å². The molecule has 156 valence electrons. The van der Waals surface area contributed by atoms with Gasteiger partial charge in [-0.2, -0.15) is 0 Å². The van der Waals surface area contributed by atoms with Gasteiger partial charge in [0.2, 0.25) is 0 Å². The summed E-state index contributed by atoms with van der Waals surface area (Å²) in [5.74, 6) is -0.743. The van der Waals surface area contributed by atoms with Crippen LogP contribution in [0.3, 0.4) is 0 Å². The largest absolute Gasteiger partial charge is 0.456 e. The van der Waals surface area contributed by atoms with Gasteiger partial charge in [-0.25, -0.2) is 4.39 Å². The minimum absolute atomic E-state index is 0.0457. The fourth-order valence-electron chi connectivity index (χ4n) is 3.02. The number of nitro groups is 1. The van der Waals surface area contributed by atoms with Crippen molar-refractivity contribution >= 4 is 46.3 Å². The predicted octanol–water partition coefficient (Wildman–Crippen LogP) is 5.88. The lowest BCUT2D eigenvalue weighted by Gasteiger charge is -2.14. The second kappa shape index (κ2) is 8.37. The molecule has 1 fully saturated rings. The first-order chi connectivity index (χ1) is 14.8. The van der Waals surface area contributed by atoms with Gasteiger partial charge in [0.15, 0.2) is 0 Å². The fourth-order valence-corrected chi connectivity index (χ4v) is 4.06. The molecule has 0 unspecified atom stereocenters. The van der Waals surface area contributed by atoms with Gasteiger partial charge in [-0.1, -0.05) is 29.8 Å². The zero-order valence-corrected chi connectivity index (χ0v) is 17.2. The van der Waals surface area contributed by atoms with Crippen LogP contribution in [-0.4, -0.2) is 21.0 Å². The zero-order chi connectivity index (χ0) is 22.1. The smallest absolute Gasteiger partial charge is 0.293 e. The van der Waals surface area contributed by atoms with Crippen LogP contribution in [0.25, 0.3) is 17.4 Å². The molecule has 0 spiro atoms. The lowest BCUT2D eigenvalue weighted by molar-refractivity contribution is -0.384. The summed E-state index contributed by atoms with van der Waals surface area (Å²) in [5, 5.41) is 10.8. The third-order valence-electron chi connectivity index (χ3n) is 4.52. The average molecular weight is 459 g/mol. The van der Waals surface area contributed by atoms with Gasteiger partial charge in [0.05, 0.1) is 21.9 Å². The molecule has 0 saturated carbocycles. The molecule has 1 aromatic heterocycles. The molecule has 0 radical (unpaired) electrons. The number of nitro benzene ring substituents is 1. The maximum atomic E-state index is 14.0. The summed E-state index contributed by atoms with van der Waals surface area (Å²) >= 11 is 6.68. The van der Waals surface area contributed by atoms with Gasteiger partial charge in [0.1, 0.15) is 17.3 Å². The monoisotopic (exact) mass is 458 g/mol. The molecule has 0 aliphatic carbocycles. The highest BCUT2D eigenvalue weighted by atomic mass is 35.5. The molecule has 0 N–H and O–H groups in total. The molecule has 2 heterocycles. The van der Waals surface area contributed by atoms with Gasteiger partial charge in [0.25, 0.3) is 16.8 Å². The normalized spacial score (nSPS) is 15.2. The highest BCUT2D eigenvalue weighted by Crippen LogP contribution is 2.36. The number of carbonyl (C=O) groups is 2. The quantitative estimate of drug-likeness (QED) is 0.269. The summed E-state index contributed by atoms with van der Waals surface area (Å²) in [6.07, 6.45) is 1.37. The Morgan fingerprint density at radius 2 is 1.90 bits per heavy atom. The van der Waals surface area contributed by atoms with E-state index in [4.69, 9.17) is 16.0 Å². The topological polar surface area (TPSA) is 93.7 Å². The number of hydrogen-bond donors (Lipinski definition) is 0. The van der Waals surface area contributed by atoms with Crippen molar-refractivity contribution in [2.24, 2.45) is 0 Å². The standard InChI is InChI=1S/C21H12ClFN2O5S/c22-15-5-3-6-16(23)14(15)11-24-20(26)19(31-21(24)27)10-12-8-9-18(30-12)13-4-1-2-7-17(13)25(28)29/h1-10H,11H2/b19-10-. The minimum Gasteiger partial charge on any atom is -0.456 e. The van der Waals surface area contributed by atoms with E-state index in [0.717, 1.165) is 4.90 Å². The summed E-state index contributed by atoms with van der Waals surface area (Å²) in [5.41, 5.74) is 0.212. The summed E-state index contributed by atoms with van der Waals surface area (Å²) < 4.78 is 19.7. The Morgan fingerprint density at radius 1 is 1.13 bits per heavy atom. The Morgan fingerprint density at radius 3 is 2.65 bits per heavy atom. The van der Waals surface area contributed by atoms with Crippen molar-refractivity contribution in [1.82, 2.24) is 4.90 Å². The number of benzene rings is 2. The predicted molar refractivity (Wildman–Crippen MR) is 114 cm³/mol.